The maximum Gasteiger partial charge on any atom is 0.303 e. The molecule has 0 bridgehead atoms. The Morgan fingerprint density at radius 3 is 2.88 bits per heavy atom. The number of amides is 1. The lowest BCUT2D eigenvalue weighted by Gasteiger charge is -2.36. The van der Waals surface area contributed by atoms with E-state index in [4.69, 9.17) is 9.84 Å². The Morgan fingerprint density at radius 2 is 2.29 bits per heavy atom. The molecule has 1 amide bonds. The predicted molar refractivity (Wildman–Crippen MR) is 58.8 cm³/mol. The number of β-lactam (4-membered cyclic amide) rings is 1. The fourth-order valence-corrected chi connectivity index (χ4v) is 1.81. The van der Waals surface area contributed by atoms with Gasteiger partial charge in [0.15, 0.2) is 0 Å². The third-order valence-electron chi connectivity index (χ3n) is 2.64. The highest BCUT2D eigenvalue weighted by Gasteiger charge is 2.42. The van der Waals surface area contributed by atoms with Crippen molar-refractivity contribution in [3.05, 3.63) is 35.4 Å². The van der Waals surface area contributed by atoms with Crippen LogP contribution < -0.4 is 5.32 Å². The highest BCUT2D eigenvalue weighted by molar-refractivity contribution is 5.90. The van der Waals surface area contributed by atoms with Crippen molar-refractivity contribution in [1.82, 2.24) is 5.32 Å². The second-order valence-corrected chi connectivity index (χ2v) is 3.92. The minimum absolute atomic E-state index is 0.0628. The number of carbonyl (C=O) groups is 2. The minimum atomic E-state index is -0.763. The second kappa shape index (κ2) is 4.55. The van der Waals surface area contributed by atoms with Crippen molar-refractivity contribution in [2.24, 2.45) is 0 Å². The molecule has 17 heavy (non-hydrogen) atoms. The molecule has 0 unspecified atom stereocenters. The minimum Gasteiger partial charge on any atom is -0.450 e. The van der Waals surface area contributed by atoms with Gasteiger partial charge in [-0.3, -0.25) is 9.59 Å². The molecule has 0 aliphatic carbocycles. The van der Waals surface area contributed by atoms with Crippen LogP contribution >= 0.6 is 0 Å². The summed E-state index contributed by atoms with van der Waals surface area (Å²) in [5.74, 6) is -0.771. The van der Waals surface area contributed by atoms with E-state index in [0.717, 1.165) is 11.1 Å². The summed E-state index contributed by atoms with van der Waals surface area (Å²) < 4.78 is 4.93. The zero-order valence-corrected chi connectivity index (χ0v) is 9.34. The molecule has 0 spiro atoms. The zero-order chi connectivity index (χ0) is 12.4. The molecule has 0 radical (unpaired) electrons. The Bertz CT molecular complexity index is 458. The van der Waals surface area contributed by atoms with E-state index in [1.165, 1.54) is 6.92 Å². The van der Waals surface area contributed by atoms with Gasteiger partial charge in [0.2, 0.25) is 6.10 Å². The van der Waals surface area contributed by atoms with Gasteiger partial charge < -0.3 is 15.2 Å². The zero-order valence-electron chi connectivity index (χ0n) is 9.34. The van der Waals surface area contributed by atoms with E-state index in [-0.39, 0.29) is 18.6 Å². The van der Waals surface area contributed by atoms with Crippen LogP contribution in [0.3, 0.4) is 0 Å². The summed E-state index contributed by atoms with van der Waals surface area (Å²) in [5, 5.41) is 11.7. The Kier molecular flexibility index (Phi) is 3.10. The number of nitrogens with one attached hydrogen (secondary N) is 1. The van der Waals surface area contributed by atoms with E-state index < -0.39 is 12.1 Å². The van der Waals surface area contributed by atoms with Gasteiger partial charge in [-0.05, 0) is 11.1 Å². The molecular weight excluding hydrogens is 222 g/mol. The maximum absolute atomic E-state index is 11.3. The van der Waals surface area contributed by atoms with Gasteiger partial charge in [-0.1, -0.05) is 24.3 Å². The molecule has 2 N–H and O–H groups in total. The quantitative estimate of drug-likeness (QED) is 0.583. The van der Waals surface area contributed by atoms with Gasteiger partial charge in [0.1, 0.15) is 6.04 Å². The molecule has 0 aromatic heterocycles. The number of hydrogen-bond donors (Lipinski definition) is 2. The van der Waals surface area contributed by atoms with Crippen LogP contribution in [0.25, 0.3) is 0 Å². The fraction of sp³-hybridized carbons (Fsp3) is 0.333. The summed E-state index contributed by atoms with van der Waals surface area (Å²) in [4.78, 5) is 22.1. The Labute approximate surface area is 98.4 Å². The third-order valence-corrected chi connectivity index (χ3v) is 2.64. The van der Waals surface area contributed by atoms with Crippen LogP contribution in [-0.4, -0.2) is 23.1 Å². The molecule has 5 nitrogen and oxygen atoms in total. The van der Waals surface area contributed by atoms with E-state index in [1.807, 2.05) is 6.07 Å². The maximum atomic E-state index is 11.3. The highest BCUT2D eigenvalue weighted by atomic mass is 16.6. The van der Waals surface area contributed by atoms with Crippen molar-refractivity contribution in [2.45, 2.75) is 25.7 Å². The molecule has 1 heterocycles. The Morgan fingerprint density at radius 1 is 1.53 bits per heavy atom. The molecule has 1 aromatic carbocycles. The first-order valence-corrected chi connectivity index (χ1v) is 5.29. The second-order valence-electron chi connectivity index (χ2n) is 3.92. The van der Waals surface area contributed by atoms with Crippen LogP contribution in [0, 0.1) is 0 Å². The number of hydrogen-bond acceptors (Lipinski definition) is 4. The number of rotatable bonds is 3. The lowest BCUT2D eigenvalue weighted by molar-refractivity contribution is -0.164. The van der Waals surface area contributed by atoms with Crippen molar-refractivity contribution in [3.63, 3.8) is 0 Å². The lowest BCUT2D eigenvalue weighted by Crippen LogP contribution is -2.57. The summed E-state index contributed by atoms with van der Waals surface area (Å²) in [6.07, 6.45) is -0.763. The average molecular weight is 235 g/mol. The van der Waals surface area contributed by atoms with Crippen molar-refractivity contribution in [1.29, 1.82) is 0 Å². The van der Waals surface area contributed by atoms with Crippen LogP contribution in [0.15, 0.2) is 24.3 Å². The molecule has 90 valence electrons. The van der Waals surface area contributed by atoms with Crippen LogP contribution in [0.5, 0.6) is 0 Å². The van der Waals surface area contributed by atoms with Gasteiger partial charge in [0, 0.05) is 6.92 Å². The summed E-state index contributed by atoms with van der Waals surface area (Å²) in [5.41, 5.74) is 1.58. The molecule has 1 saturated heterocycles. The van der Waals surface area contributed by atoms with E-state index in [0.29, 0.717) is 0 Å². The van der Waals surface area contributed by atoms with Crippen molar-refractivity contribution >= 4 is 11.9 Å². The number of benzene rings is 1. The molecule has 1 aliphatic heterocycles. The van der Waals surface area contributed by atoms with Gasteiger partial charge in [-0.25, -0.2) is 0 Å². The number of ether oxygens (including phenoxy) is 1. The SMILES string of the molecule is CC(=O)O[C@H]1C(=O)N[C@H]1c1cccc(CO)c1. The first kappa shape index (κ1) is 11.6. The topological polar surface area (TPSA) is 75.6 Å². The summed E-state index contributed by atoms with van der Waals surface area (Å²) in [6.45, 7) is 1.21. The normalized spacial score (nSPS) is 22.6. The fourth-order valence-electron chi connectivity index (χ4n) is 1.81. The molecule has 2 atom stereocenters. The number of aliphatic hydroxyl groups excluding tert-OH is 1. The predicted octanol–water partition coefficient (Wildman–Crippen LogP) is 0.281. The summed E-state index contributed by atoms with van der Waals surface area (Å²) in [7, 11) is 0. The van der Waals surface area contributed by atoms with Gasteiger partial charge in [-0.15, -0.1) is 0 Å². The molecule has 1 aromatic rings. The molecule has 2 rings (SSSR count). The lowest BCUT2D eigenvalue weighted by atomic mass is 9.93. The molecular formula is C12H13NO4. The number of esters is 1. The largest absolute Gasteiger partial charge is 0.450 e. The highest BCUT2D eigenvalue weighted by Crippen LogP contribution is 2.27. The van der Waals surface area contributed by atoms with Crippen LogP contribution in [0.1, 0.15) is 24.1 Å². The number of aliphatic hydroxyl groups is 1. The average Bonchev–Trinajstić information content (AvgIpc) is 2.33. The summed E-state index contributed by atoms with van der Waals surface area (Å²) in [6, 6.07) is 6.85. The van der Waals surface area contributed by atoms with E-state index in [9.17, 15) is 9.59 Å². The van der Waals surface area contributed by atoms with Crippen LogP contribution in [-0.2, 0) is 20.9 Å². The molecule has 5 heteroatoms. The first-order valence-electron chi connectivity index (χ1n) is 5.29. The van der Waals surface area contributed by atoms with Crippen LogP contribution in [0.4, 0.5) is 0 Å². The monoisotopic (exact) mass is 235 g/mol. The standard InChI is InChI=1S/C12H13NO4/c1-7(15)17-11-10(13-12(11)16)9-4-2-3-8(5-9)6-14/h2-5,10-11,14H,6H2,1H3,(H,13,16)/t10-,11+/m0/s1. The number of carbonyl (C=O) groups excluding carboxylic acids is 2. The van der Waals surface area contributed by atoms with E-state index in [2.05, 4.69) is 5.32 Å². The van der Waals surface area contributed by atoms with Gasteiger partial charge >= 0.3 is 5.97 Å². The Hall–Kier alpha value is -1.88. The van der Waals surface area contributed by atoms with E-state index in [1.54, 1.807) is 18.2 Å². The van der Waals surface area contributed by atoms with Gasteiger partial charge in [0.05, 0.1) is 6.61 Å². The molecule has 1 aliphatic rings. The van der Waals surface area contributed by atoms with E-state index >= 15 is 0 Å². The van der Waals surface area contributed by atoms with Crippen molar-refractivity contribution < 1.29 is 19.4 Å². The van der Waals surface area contributed by atoms with Gasteiger partial charge in [-0.2, -0.15) is 0 Å². The van der Waals surface area contributed by atoms with Crippen molar-refractivity contribution in [3.8, 4) is 0 Å². The van der Waals surface area contributed by atoms with Crippen molar-refractivity contribution in [2.75, 3.05) is 0 Å². The third kappa shape index (κ3) is 2.29. The smallest absolute Gasteiger partial charge is 0.303 e. The Balaban J connectivity index is 2.16. The van der Waals surface area contributed by atoms with Crippen LogP contribution in [0.2, 0.25) is 0 Å². The first-order chi connectivity index (χ1) is 8.11. The van der Waals surface area contributed by atoms with Gasteiger partial charge in [0.25, 0.3) is 5.91 Å². The summed E-state index contributed by atoms with van der Waals surface area (Å²) >= 11 is 0. The molecule has 0 saturated carbocycles. The molecule has 1 fully saturated rings.